The Morgan fingerprint density at radius 1 is 1.12 bits per heavy atom. The minimum Gasteiger partial charge on any atom is -0.308 e. The number of hydrogen-bond donors (Lipinski definition) is 1. The van der Waals surface area contributed by atoms with Gasteiger partial charge in [-0.25, -0.2) is 0 Å². The third-order valence-corrected chi connectivity index (χ3v) is 3.17. The number of hydrogen-bond acceptors (Lipinski definition) is 2. The van der Waals surface area contributed by atoms with E-state index in [-0.39, 0.29) is 12.4 Å². The molecule has 2 aromatic rings. The van der Waals surface area contributed by atoms with E-state index in [1.807, 2.05) is 0 Å². The third-order valence-electron chi connectivity index (χ3n) is 2.29. The first-order valence-electron chi connectivity index (χ1n) is 5.13. The van der Waals surface area contributed by atoms with Crippen molar-refractivity contribution in [3.05, 3.63) is 57.8 Å². The van der Waals surface area contributed by atoms with Crippen LogP contribution in [0.15, 0.2) is 41.8 Å². The predicted molar refractivity (Wildman–Crippen MR) is 73.3 cm³/mol. The molecular formula is C13H16ClNS. The first-order valence-corrected chi connectivity index (χ1v) is 6.01. The molecule has 0 saturated carbocycles. The largest absolute Gasteiger partial charge is 0.308 e. The second kappa shape index (κ2) is 6.69. The molecule has 2 rings (SSSR count). The van der Waals surface area contributed by atoms with Crippen LogP contribution >= 0.6 is 23.7 Å². The van der Waals surface area contributed by atoms with Crippen molar-refractivity contribution in [2.45, 2.75) is 20.0 Å². The van der Waals surface area contributed by atoms with Gasteiger partial charge in [0, 0.05) is 18.0 Å². The molecule has 0 spiro atoms. The maximum atomic E-state index is 3.44. The Morgan fingerprint density at radius 3 is 2.69 bits per heavy atom. The molecule has 0 fully saturated rings. The summed E-state index contributed by atoms with van der Waals surface area (Å²) < 4.78 is 0. The van der Waals surface area contributed by atoms with Gasteiger partial charge in [0.25, 0.3) is 0 Å². The van der Waals surface area contributed by atoms with Crippen LogP contribution < -0.4 is 5.32 Å². The molecule has 86 valence electrons. The molecule has 0 bridgehead atoms. The lowest BCUT2D eigenvalue weighted by Gasteiger charge is -2.04. The molecule has 1 N–H and O–H groups in total. The van der Waals surface area contributed by atoms with Crippen LogP contribution in [-0.2, 0) is 13.1 Å². The standard InChI is InChI=1S/C13H15NS.ClH/c1-11-4-2-5-12(8-11)9-14-10-13-6-3-7-15-13;/h2-8,14H,9-10H2,1H3;1H. The van der Waals surface area contributed by atoms with Crippen LogP contribution in [-0.4, -0.2) is 0 Å². The third kappa shape index (κ3) is 3.97. The van der Waals surface area contributed by atoms with Gasteiger partial charge in [-0.1, -0.05) is 35.9 Å². The second-order valence-electron chi connectivity index (χ2n) is 3.67. The summed E-state index contributed by atoms with van der Waals surface area (Å²) in [5.41, 5.74) is 2.68. The highest BCUT2D eigenvalue weighted by Crippen LogP contribution is 2.08. The normalized spacial score (nSPS) is 9.81. The van der Waals surface area contributed by atoms with Gasteiger partial charge in [0.15, 0.2) is 0 Å². The average Bonchev–Trinajstić information content (AvgIpc) is 2.71. The van der Waals surface area contributed by atoms with Gasteiger partial charge in [-0.2, -0.15) is 0 Å². The van der Waals surface area contributed by atoms with E-state index in [1.165, 1.54) is 16.0 Å². The van der Waals surface area contributed by atoms with Crippen molar-refractivity contribution in [3.8, 4) is 0 Å². The zero-order valence-corrected chi connectivity index (χ0v) is 10.9. The van der Waals surface area contributed by atoms with Crippen molar-refractivity contribution in [3.63, 3.8) is 0 Å². The lowest BCUT2D eigenvalue weighted by atomic mass is 10.1. The minimum atomic E-state index is 0. The quantitative estimate of drug-likeness (QED) is 0.875. The highest BCUT2D eigenvalue weighted by molar-refractivity contribution is 7.09. The van der Waals surface area contributed by atoms with Crippen LogP contribution in [0.2, 0.25) is 0 Å². The van der Waals surface area contributed by atoms with Gasteiger partial charge in [-0.05, 0) is 23.9 Å². The predicted octanol–water partition coefficient (Wildman–Crippen LogP) is 3.77. The summed E-state index contributed by atoms with van der Waals surface area (Å²) in [5.74, 6) is 0. The van der Waals surface area contributed by atoms with Gasteiger partial charge in [0.05, 0.1) is 0 Å². The molecule has 0 aliphatic heterocycles. The van der Waals surface area contributed by atoms with Gasteiger partial charge >= 0.3 is 0 Å². The van der Waals surface area contributed by atoms with Gasteiger partial charge in [-0.15, -0.1) is 23.7 Å². The van der Waals surface area contributed by atoms with Crippen LogP contribution in [0.25, 0.3) is 0 Å². The smallest absolute Gasteiger partial charge is 0.0302 e. The fourth-order valence-electron chi connectivity index (χ4n) is 1.57. The molecule has 0 saturated heterocycles. The van der Waals surface area contributed by atoms with Crippen LogP contribution in [0.1, 0.15) is 16.0 Å². The molecule has 1 aromatic heterocycles. The maximum Gasteiger partial charge on any atom is 0.0302 e. The van der Waals surface area contributed by atoms with Crippen molar-refractivity contribution in [2.75, 3.05) is 0 Å². The Bertz CT molecular complexity index is 412. The van der Waals surface area contributed by atoms with E-state index in [1.54, 1.807) is 11.3 Å². The zero-order chi connectivity index (χ0) is 10.5. The number of thiophene rings is 1. The molecule has 3 heteroatoms. The van der Waals surface area contributed by atoms with Crippen molar-refractivity contribution < 1.29 is 0 Å². The molecule has 0 amide bonds. The lowest BCUT2D eigenvalue weighted by Crippen LogP contribution is -2.11. The summed E-state index contributed by atoms with van der Waals surface area (Å²) in [6.45, 7) is 4.04. The first-order chi connectivity index (χ1) is 7.34. The second-order valence-corrected chi connectivity index (χ2v) is 4.70. The first kappa shape index (κ1) is 13.2. The summed E-state index contributed by atoms with van der Waals surface area (Å²) in [6, 6.07) is 12.9. The van der Waals surface area contributed by atoms with Crippen LogP contribution in [0.5, 0.6) is 0 Å². The van der Waals surface area contributed by atoms with E-state index in [4.69, 9.17) is 0 Å². The molecule has 1 aromatic carbocycles. The number of aryl methyl sites for hydroxylation is 1. The van der Waals surface area contributed by atoms with E-state index in [9.17, 15) is 0 Å². The van der Waals surface area contributed by atoms with E-state index in [0.717, 1.165) is 13.1 Å². The minimum absolute atomic E-state index is 0. The van der Waals surface area contributed by atoms with Crippen LogP contribution in [0.3, 0.4) is 0 Å². The number of nitrogens with one attached hydrogen (secondary N) is 1. The van der Waals surface area contributed by atoms with E-state index in [0.29, 0.717) is 0 Å². The maximum absolute atomic E-state index is 3.44. The van der Waals surface area contributed by atoms with Gasteiger partial charge in [0.1, 0.15) is 0 Å². The van der Waals surface area contributed by atoms with Crippen molar-refractivity contribution in [2.24, 2.45) is 0 Å². The van der Waals surface area contributed by atoms with Gasteiger partial charge in [0.2, 0.25) is 0 Å². The highest BCUT2D eigenvalue weighted by atomic mass is 35.5. The fourth-order valence-corrected chi connectivity index (χ4v) is 2.24. The van der Waals surface area contributed by atoms with E-state index < -0.39 is 0 Å². The zero-order valence-electron chi connectivity index (χ0n) is 9.27. The van der Waals surface area contributed by atoms with Crippen LogP contribution in [0.4, 0.5) is 0 Å². The molecule has 0 atom stereocenters. The van der Waals surface area contributed by atoms with E-state index in [2.05, 4.69) is 54.0 Å². The van der Waals surface area contributed by atoms with Crippen molar-refractivity contribution >= 4 is 23.7 Å². The Morgan fingerprint density at radius 2 is 2.00 bits per heavy atom. The average molecular weight is 254 g/mol. The Labute approximate surface area is 107 Å². The molecule has 0 aliphatic rings. The van der Waals surface area contributed by atoms with Crippen LogP contribution in [0, 0.1) is 6.92 Å². The molecular weight excluding hydrogens is 238 g/mol. The summed E-state index contributed by atoms with van der Waals surface area (Å²) in [4.78, 5) is 1.39. The number of halogens is 1. The SMILES string of the molecule is Cc1cccc(CNCc2cccs2)c1.Cl. The number of rotatable bonds is 4. The Balaban J connectivity index is 0.00000128. The topological polar surface area (TPSA) is 12.0 Å². The summed E-state index contributed by atoms with van der Waals surface area (Å²) in [5, 5.41) is 5.56. The van der Waals surface area contributed by atoms with Crippen molar-refractivity contribution in [1.82, 2.24) is 5.32 Å². The molecule has 0 radical (unpaired) electrons. The Kier molecular flexibility index (Phi) is 5.53. The molecule has 16 heavy (non-hydrogen) atoms. The summed E-state index contributed by atoms with van der Waals surface area (Å²) in [7, 11) is 0. The molecule has 1 heterocycles. The molecule has 0 aliphatic carbocycles. The van der Waals surface area contributed by atoms with E-state index >= 15 is 0 Å². The Hall–Kier alpha value is -0.830. The summed E-state index contributed by atoms with van der Waals surface area (Å²) in [6.07, 6.45) is 0. The van der Waals surface area contributed by atoms with Gasteiger partial charge in [-0.3, -0.25) is 0 Å². The molecule has 1 nitrogen and oxygen atoms in total. The lowest BCUT2D eigenvalue weighted by molar-refractivity contribution is 0.700. The molecule has 0 unspecified atom stereocenters. The van der Waals surface area contributed by atoms with Gasteiger partial charge < -0.3 is 5.32 Å². The summed E-state index contributed by atoms with van der Waals surface area (Å²) >= 11 is 1.80. The monoisotopic (exact) mass is 253 g/mol. The fraction of sp³-hybridized carbons (Fsp3) is 0.231. The highest BCUT2D eigenvalue weighted by Gasteiger charge is 1.94. The van der Waals surface area contributed by atoms with Crippen molar-refractivity contribution in [1.29, 1.82) is 0 Å². The number of benzene rings is 1.